The SMILES string of the molecule is CC(C)c1ccc(C(=O)O[C@H](C)C(=O)NC(=O)NC2CCCCC2)cc1. The lowest BCUT2D eigenvalue weighted by Crippen LogP contribution is -2.48. The van der Waals surface area contributed by atoms with Gasteiger partial charge in [0, 0.05) is 6.04 Å². The van der Waals surface area contributed by atoms with E-state index in [1.54, 1.807) is 12.1 Å². The van der Waals surface area contributed by atoms with E-state index in [2.05, 4.69) is 24.5 Å². The summed E-state index contributed by atoms with van der Waals surface area (Å²) in [6, 6.07) is 6.66. The summed E-state index contributed by atoms with van der Waals surface area (Å²) in [5, 5.41) is 5.04. The molecule has 0 spiro atoms. The van der Waals surface area contributed by atoms with Gasteiger partial charge in [-0.2, -0.15) is 0 Å². The van der Waals surface area contributed by atoms with Crippen LogP contribution in [0.15, 0.2) is 24.3 Å². The van der Waals surface area contributed by atoms with Gasteiger partial charge >= 0.3 is 12.0 Å². The fourth-order valence-electron chi connectivity index (χ4n) is 2.97. The van der Waals surface area contributed by atoms with Crippen LogP contribution in [0, 0.1) is 0 Å². The van der Waals surface area contributed by atoms with Crippen molar-refractivity contribution in [3.63, 3.8) is 0 Å². The zero-order valence-corrected chi connectivity index (χ0v) is 15.7. The van der Waals surface area contributed by atoms with E-state index in [9.17, 15) is 14.4 Å². The third-order valence-electron chi connectivity index (χ3n) is 4.64. The van der Waals surface area contributed by atoms with Crippen LogP contribution in [0.2, 0.25) is 0 Å². The Morgan fingerprint density at radius 2 is 1.62 bits per heavy atom. The average Bonchev–Trinajstić information content (AvgIpc) is 2.62. The molecule has 3 amide bonds. The van der Waals surface area contributed by atoms with Crippen molar-refractivity contribution < 1.29 is 19.1 Å². The number of esters is 1. The Balaban J connectivity index is 1.81. The standard InChI is InChI=1S/C20H28N2O4/c1-13(2)15-9-11-16(12-10-15)19(24)26-14(3)18(23)22-20(25)21-17-7-5-4-6-8-17/h9-14,17H,4-8H2,1-3H3,(H2,21,22,23,25)/t14-/m1/s1. The van der Waals surface area contributed by atoms with Gasteiger partial charge in [-0.25, -0.2) is 9.59 Å². The molecular weight excluding hydrogens is 332 g/mol. The number of carbonyl (C=O) groups is 3. The number of hydrogen-bond acceptors (Lipinski definition) is 4. The van der Waals surface area contributed by atoms with Crippen molar-refractivity contribution in [1.29, 1.82) is 0 Å². The molecule has 0 radical (unpaired) electrons. The number of carbonyl (C=O) groups excluding carboxylic acids is 3. The van der Waals surface area contributed by atoms with Crippen LogP contribution in [-0.2, 0) is 9.53 Å². The molecule has 0 heterocycles. The van der Waals surface area contributed by atoms with Crippen molar-refractivity contribution in [2.75, 3.05) is 0 Å². The second-order valence-corrected chi connectivity index (χ2v) is 7.12. The molecule has 0 aromatic heterocycles. The van der Waals surface area contributed by atoms with Crippen molar-refractivity contribution in [3.8, 4) is 0 Å². The first-order valence-electron chi connectivity index (χ1n) is 9.29. The smallest absolute Gasteiger partial charge is 0.338 e. The molecule has 1 saturated carbocycles. The molecule has 0 aliphatic heterocycles. The minimum Gasteiger partial charge on any atom is -0.449 e. The van der Waals surface area contributed by atoms with Gasteiger partial charge in [-0.1, -0.05) is 45.2 Å². The second-order valence-electron chi connectivity index (χ2n) is 7.12. The highest BCUT2D eigenvalue weighted by atomic mass is 16.5. The largest absolute Gasteiger partial charge is 0.449 e. The Kier molecular flexibility index (Phi) is 7.18. The summed E-state index contributed by atoms with van der Waals surface area (Å²) in [6.07, 6.45) is 4.16. The summed E-state index contributed by atoms with van der Waals surface area (Å²) in [6.45, 7) is 5.58. The first-order chi connectivity index (χ1) is 12.4. The zero-order valence-electron chi connectivity index (χ0n) is 15.7. The van der Waals surface area contributed by atoms with Gasteiger partial charge in [-0.15, -0.1) is 0 Å². The molecule has 6 heteroatoms. The van der Waals surface area contributed by atoms with E-state index >= 15 is 0 Å². The summed E-state index contributed by atoms with van der Waals surface area (Å²) in [4.78, 5) is 36.1. The number of hydrogen-bond donors (Lipinski definition) is 2. The number of urea groups is 1. The van der Waals surface area contributed by atoms with Crippen molar-refractivity contribution in [2.45, 2.75) is 70.9 Å². The molecule has 26 heavy (non-hydrogen) atoms. The van der Waals surface area contributed by atoms with Crippen LogP contribution in [0.4, 0.5) is 4.79 Å². The summed E-state index contributed by atoms with van der Waals surface area (Å²) in [5.74, 6) is -0.853. The zero-order chi connectivity index (χ0) is 19.1. The van der Waals surface area contributed by atoms with Crippen LogP contribution in [0.3, 0.4) is 0 Å². The van der Waals surface area contributed by atoms with Crippen molar-refractivity contribution in [1.82, 2.24) is 10.6 Å². The van der Waals surface area contributed by atoms with Crippen molar-refractivity contribution in [2.24, 2.45) is 0 Å². The highest BCUT2D eigenvalue weighted by Crippen LogP contribution is 2.17. The fraction of sp³-hybridized carbons (Fsp3) is 0.550. The molecule has 2 N–H and O–H groups in total. The normalized spacial score (nSPS) is 16.0. The summed E-state index contributed by atoms with van der Waals surface area (Å²) in [7, 11) is 0. The number of imide groups is 1. The summed E-state index contributed by atoms with van der Waals surface area (Å²) in [5.41, 5.74) is 1.49. The fourth-order valence-corrected chi connectivity index (χ4v) is 2.97. The van der Waals surface area contributed by atoms with Crippen LogP contribution in [-0.4, -0.2) is 30.1 Å². The first-order valence-corrected chi connectivity index (χ1v) is 9.29. The van der Waals surface area contributed by atoms with E-state index in [1.165, 1.54) is 13.3 Å². The molecule has 1 aromatic carbocycles. The topological polar surface area (TPSA) is 84.5 Å². The predicted molar refractivity (Wildman–Crippen MR) is 99.0 cm³/mol. The Morgan fingerprint density at radius 1 is 1.00 bits per heavy atom. The second kappa shape index (κ2) is 9.36. The number of nitrogens with one attached hydrogen (secondary N) is 2. The Morgan fingerprint density at radius 3 is 2.19 bits per heavy atom. The van der Waals surface area contributed by atoms with Crippen LogP contribution in [0.1, 0.15) is 74.7 Å². The van der Waals surface area contributed by atoms with Crippen molar-refractivity contribution >= 4 is 17.9 Å². The van der Waals surface area contributed by atoms with E-state index in [0.717, 1.165) is 31.2 Å². The Bertz CT molecular complexity index is 634. The van der Waals surface area contributed by atoms with E-state index in [1.807, 2.05) is 12.1 Å². The molecule has 1 fully saturated rings. The van der Waals surface area contributed by atoms with E-state index < -0.39 is 24.0 Å². The molecule has 1 aromatic rings. The molecule has 1 aliphatic carbocycles. The number of benzene rings is 1. The predicted octanol–water partition coefficient (Wildman–Crippen LogP) is 3.51. The molecular formula is C20H28N2O4. The molecule has 2 rings (SSSR count). The van der Waals surface area contributed by atoms with E-state index in [-0.39, 0.29) is 6.04 Å². The summed E-state index contributed by atoms with van der Waals surface area (Å²) < 4.78 is 5.16. The number of rotatable bonds is 5. The maximum atomic E-state index is 12.1. The van der Waals surface area contributed by atoms with Crippen molar-refractivity contribution in [3.05, 3.63) is 35.4 Å². The quantitative estimate of drug-likeness (QED) is 0.787. The third kappa shape index (κ3) is 5.86. The molecule has 0 saturated heterocycles. The van der Waals surface area contributed by atoms with Crippen LogP contribution in [0.5, 0.6) is 0 Å². The Hall–Kier alpha value is -2.37. The Labute approximate surface area is 154 Å². The highest BCUT2D eigenvalue weighted by molar-refractivity contribution is 5.98. The average molecular weight is 360 g/mol. The molecule has 142 valence electrons. The monoisotopic (exact) mass is 360 g/mol. The lowest BCUT2D eigenvalue weighted by atomic mass is 9.96. The van der Waals surface area contributed by atoms with Crippen LogP contribution < -0.4 is 10.6 Å². The van der Waals surface area contributed by atoms with Gasteiger partial charge in [-0.05, 0) is 43.4 Å². The van der Waals surface area contributed by atoms with Crippen LogP contribution in [0.25, 0.3) is 0 Å². The maximum Gasteiger partial charge on any atom is 0.338 e. The molecule has 1 aliphatic rings. The van der Waals surface area contributed by atoms with Gasteiger partial charge in [0.15, 0.2) is 6.10 Å². The molecule has 1 atom stereocenters. The first kappa shape index (κ1) is 19.9. The lowest BCUT2D eigenvalue weighted by Gasteiger charge is -2.23. The minimum absolute atomic E-state index is 0.105. The van der Waals surface area contributed by atoms with Gasteiger partial charge in [-0.3, -0.25) is 10.1 Å². The lowest BCUT2D eigenvalue weighted by molar-refractivity contribution is -0.127. The van der Waals surface area contributed by atoms with Gasteiger partial charge in [0.1, 0.15) is 0 Å². The number of ether oxygens (including phenoxy) is 1. The number of amides is 3. The van der Waals surface area contributed by atoms with Gasteiger partial charge in [0.25, 0.3) is 5.91 Å². The van der Waals surface area contributed by atoms with Crippen LogP contribution >= 0.6 is 0 Å². The van der Waals surface area contributed by atoms with E-state index in [0.29, 0.717) is 11.5 Å². The third-order valence-corrected chi connectivity index (χ3v) is 4.64. The summed E-state index contributed by atoms with van der Waals surface area (Å²) >= 11 is 0. The van der Waals surface area contributed by atoms with E-state index in [4.69, 9.17) is 4.74 Å². The maximum absolute atomic E-state index is 12.1. The van der Waals surface area contributed by atoms with Gasteiger partial charge in [0.05, 0.1) is 5.56 Å². The van der Waals surface area contributed by atoms with Gasteiger partial charge in [0.2, 0.25) is 0 Å². The van der Waals surface area contributed by atoms with Gasteiger partial charge < -0.3 is 10.1 Å². The highest BCUT2D eigenvalue weighted by Gasteiger charge is 2.22. The molecule has 6 nitrogen and oxygen atoms in total. The molecule has 0 unspecified atom stereocenters. The molecule has 0 bridgehead atoms. The minimum atomic E-state index is -1.05.